The van der Waals surface area contributed by atoms with Gasteiger partial charge in [0, 0.05) is 0 Å². The van der Waals surface area contributed by atoms with Crippen molar-refractivity contribution in [3.05, 3.63) is 11.2 Å². The maximum atomic E-state index is 11.9. The minimum atomic E-state index is -3.51. The molecule has 0 radical (unpaired) electrons. The van der Waals surface area contributed by atoms with E-state index in [9.17, 15) is 8.42 Å². The van der Waals surface area contributed by atoms with Crippen molar-refractivity contribution in [1.29, 1.82) is 0 Å². The summed E-state index contributed by atoms with van der Waals surface area (Å²) in [7, 11) is -3.51. The van der Waals surface area contributed by atoms with Crippen molar-refractivity contribution in [2.45, 2.75) is 36.9 Å². The van der Waals surface area contributed by atoms with E-state index in [1.807, 2.05) is 6.92 Å². The van der Waals surface area contributed by atoms with Gasteiger partial charge in [0.05, 0.1) is 17.2 Å². The third-order valence-corrected chi connectivity index (χ3v) is 4.79. The zero-order chi connectivity index (χ0) is 12.2. The first-order valence-electron chi connectivity index (χ1n) is 4.90. The summed E-state index contributed by atoms with van der Waals surface area (Å²) in [4.78, 5) is 3.91. The zero-order valence-electron chi connectivity index (χ0n) is 9.23. The maximum Gasteiger partial charge on any atom is 0.252 e. The van der Waals surface area contributed by atoms with Crippen LogP contribution in [-0.4, -0.2) is 19.4 Å². The van der Waals surface area contributed by atoms with Gasteiger partial charge in [-0.05, 0) is 13.3 Å². The molecule has 88 valence electrons. The summed E-state index contributed by atoms with van der Waals surface area (Å²) < 4.78 is 26.4. The normalized spacial score (nSPS) is 13.3. The topological polar surface area (TPSA) is 59.1 Å². The number of sulfonamides is 1. The molecule has 0 aromatic carbocycles. The number of aromatic nitrogens is 1. The monoisotopic (exact) mass is 258 g/mol. The molecule has 0 amide bonds. The van der Waals surface area contributed by atoms with E-state index in [1.54, 1.807) is 6.92 Å². The number of thiazole rings is 1. The molecule has 6 heteroatoms. The molecule has 0 saturated carbocycles. The predicted molar refractivity (Wildman–Crippen MR) is 64.7 cm³/mol. The molecule has 0 spiro atoms. The number of nitrogens with zero attached hydrogens (tertiary/aromatic N) is 1. The average Bonchev–Trinajstić information content (AvgIpc) is 2.64. The van der Waals surface area contributed by atoms with Crippen LogP contribution in [-0.2, 0) is 10.0 Å². The highest BCUT2D eigenvalue weighted by atomic mass is 32.2. The van der Waals surface area contributed by atoms with Crippen LogP contribution in [0.15, 0.2) is 10.4 Å². The Labute approximate surface area is 100 Å². The molecule has 16 heavy (non-hydrogen) atoms. The fourth-order valence-electron chi connectivity index (χ4n) is 1.18. The van der Waals surface area contributed by atoms with Gasteiger partial charge < -0.3 is 0 Å². The van der Waals surface area contributed by atoms with Crippen LogP contribution in [0.2, 0.25) is 0 Å². The van der Waals surface area contributed by atoms with Gasteiger partial charge in [-0.3, -0.25) is 0 Å². The number of hydrogen-bond acceptors (Lipinski definition) is 4. The van der Waals surface area contributed by atoms with Gasteiger partial charge in [-0.25, -0.2) is 13.4 Å². The van der Waals surface area contributed by atoms with Crippen LogP contribution < -0.4 is 4.72 Å². The van der Waals surface area contributed by atoms with Gasteiger partial charge in [-0.2, -0.15) is 4.72 Å². The highest BCUT2D eigenvalue weighted by Crippen LogP contribution is 2.18. The minimum absolute atomic E-state index is 0.210. The van der Waals surface area contributed by atoms with Gasteiger partial charge in [-0.15, -0.1) is 17.8 Å². The number of nitrogens with one attached hydrogen (secondary N) is 1. The third-order valence-electron chi connectivity index (χ3n) is 1.94. The Balaban J connectivity index is 2.84. The Hall–Kier alpha value is -0.900. The fourth-order valence-corrected chi connectivity index (χ4v) is 3.49. The molecule has 1 aromatic heterocycles. The molecule has 0 aliphatic rings. The van der Waals surface area contributed by atoms with E-state index in [-0.39, 0.29) is 4.21 Å². The Morgan fingerprint density at radius 1 is 1.69 bits per heavy atom. The number of hydrogen-bond donors (Lipinski definition) is 1. The van der Waals surface area contributed by atoms with Crippen LogP contribution >= 0.6 is 11.3 Å². The van der Waals surface area contributed by atoms with Crippen molar-refractivity contribution >= 4 is 21.4 Å². The first kappa shape index (κ1) is 13.2. The van der Waals surface area contributed by atoms with Crippen LogP contribution in [0.3, 0.4) is 0 Å². The lowest BCUT2D eigenvalue weighted by Crippen LogP contribution is -2.33. The molecule has 0 saturated heterocycles. The first-order valence-corrected chi connectivity index (χ1v) is 7.20. The molecule has 0 aliphatic heterocycles. The van der Waals surface area contributed by atoms with Crippen LogP contribution in [0.1, 0.15) is 24.8 Å². The van der Waals surface area contributed by atoms with Crippen molar-refractivity contribution in [2.24, 2.45) is 0 Å². The van der Waals surface area contributed by atoms with Crippen LogP contribution in [0.4, 0.5) is 0 Å². The molecular formula is C10H14N2O2S2. The van der Waals surface area contributed by atoms with Crippen molar-refractivity contribution < 1.29 is 8.42 Å². The lowest BCUT2D eigenvalue weighted by molar-refractivity contribution is 0.566. The number of rotatable bonds is 5. The molecule has 1 rings (SSSR count). The van der Waals surface area contributed by atoms with E-state index < -0.39 is 16.1 Å². The standard InChI is InChI=1S/C10H14N2O2S2/c1-4-6-9(5-2)12-16(13,14)10-7-11-8(3)15-10/h2,7,9,12H,4,6H2,1,3H3. The van der Waals surface area contributed by atoms with Gasteiger partial charge in [-0.1, -0.05) is 19.3 Å². The second-order valence-corrected chi connectivity index (χ2v) is 6.50. The van der Waals surface area contributed by atoms with Crippen molar-refractivity contribution in [2.75, 3.05) is 0 Å². The van der Waals surface area contributed by atoms with E-state index in [4.69, 9.17) is 6.42 Å². The number of aryl methyl sites for hydroxylation is 1. The summed E-state index contributed by atoms with van der Waals surface area (Å²) in [5.74, 6) is 2.43. The SMILES string of the molecule is C#CC(CCC)NS(=O)(=O)c1cnc(C)s1. The number of terminal acetylenes is 1. The van der Waals surface area contributed by atoms with E-state index in [0.717, 1.165) is 17.8 Å². The quantitative estimate of drug-likeness (QED) is 0.815. The van der Waals surface area contributed by atoms with Gasteiger partial charge in [0.1, 0.15) is 0 Å². The van der Waals surface area contributed by atoms with Gasteiger partial charge in [0.15, 0.2) is 4.21 Å². The highest BCUT2D eigenvalue weighted by Gasteiger charge is 2.20. The van der Waals surface area contributed by atoms with Crippen LogP contribution in [0.25, 0.3) is 0 Å². The molecule has 0 bridgehead atoms. The molecular weight excluding hydrogens is 244 g/mol. The van der Waals surface area contributed by atoms with Gasteiger partial charge in [0.2, 0.25) is 0 Å². The second-order valence-electron chi connectivity index (χ2n) is 3.33. The lowest BCUT2D eigenvalue weighted by Gasteiger charge is -2.10. The third kappa shape index (κ3) is 3.30. The molecule has 1 aromatic rings. The maximum absolute atomic E-state index is 11.9. The smallest absolute Gasteiger partial charge is 0.249 e. The molecule has 1 atom stereocenters. The largest absolute Gasteiger partial charge is 0.252 e. The summed E-state index contributed by atoms with van der Waals surface area (Å²) in [6.07, 6.45) is 8.07. The van der Waals surface area contributed by atoms with E-state index in [0.29, 0.717) is 11.4 Å². The van der Waals surface area contributed by atoms with Crippen molar-refractivity contribution in [3.8, 4) is 12.3 Å². The Kier molecular flexibility index (Phi) is 4.47. The highest BCUT2D eigenvalue weighted by molar-refractivity contribution is 7.91. The first-order chi connectivity index (χ1) is 7.49. The van der Waals surface area contributed by atoms with Gasteiger partial charge in [0.25, 0.3) is 10.0 Å². The van der Waals surface area contributed by atoms with Gasteiger partial charge >= 0.3 is 0 Å². The Morgan fingerprint density at radius 2 is 2.38 bits per heavy atom. The Morgan fingerprint density at radius 3 is 2.81 bits per heavy atom. The molecule has 0 aliphatic carbocycles. The summed E-state index contributed by atoms with van der Waals surface area (Å²) >= 11 is 1.14. The van der Waals surface area contributed by atoms with E-state index >= 15 is 0 Å². The van der Waals surface area contributed by atoms with E-state index in [2.05, 4.69) is 15.6 Å². The lowest BCUT2D eigenvalue weighted by atomic mass is 10.2. The average molecular weight is 258 g/mol. The summed E-state index contributed by atoms with van der Waals surface area (Å²) in [5, 5.41) is 0.716. The summed E-state index contributed by atoms with van der Waals surface area (Å²) in [6.45, 7) is 3.71. The molecule has 1 unspecified atom stereocenters. The second kappa shape index (κ2) is 5.43. The zero-order valence-corrected chi connectivity index (χ0v) is 10.9. The minimum Gasteiger partial charge on any atom is -0.249 e. The molecule has 1 N–H and O–H groups in total. The van der Waals surface area contributed by atoms with Crippen LogP contribution in [0.5, 0.6) is 0 Å². The summed E-state index contributed by atoms with van der Waals surface area (Å²) in [5.41, 5.74) is 0. The van der Waals surface area contributed by atoms with E-state index in [1.165, 1.54) is 6.20 Å². The van der Waals surface area contributed by atoms with Crippen LogP contribution in [0, 0.1) is 19.3 Å². The Bertz CT molecular complexity index is 485. The molecule has 4 nitrogen and oxygen atoms in total. The molecule has 0 fully saturated rings. The predicted octanol–water partition coefficient (Wildman–Crippen LogP) is 1.53. The molecule has 1 heterocycles. The summed E-state index contributed by atoms with van der Waals surface area (Å²) in [6, 6.07) is -0.447. The fraction of sp³-hybridized carbons (Fsp3) is 0.500. The van der Waals surface area contributed by atoms with Crippen molar-refractivity contribution in [3.63, 3.8) is 0 Å². The van der Waals surface area contributed by atoms with Crippen molar-refractivity contribution in [1.82, 2.24) is 9.71 Å².